The molecule has 2 atom stereocenters. The fraction of sp³-hybridized carbons (Fsp3) is 0.812. The molecule has 21 heavy (non-hydrogen) atoms. The monoisotopic (exact) mass is 310 g/mol. The number of likely N-dealkylation sites (tertiary alicyclic amines) is 1. The molecule has 0 aliphatic carbocycles. The zero-order valence-corrected chi connectivity index (χ0v) is 13.9. The van der Waals surface area contributed by atoms with Gasteiger partial charge < -0.3 is 9.84 Å². The van der Waals surface area contributed by atoms with Crippen molar-refractivity contribution in [2.45, 2.75) is 45.3 Å². The van der Waals surface area contributed by atoms with Gasteiger partial charge in [0.2, 0.25) is 0 Å². The van der Waals surface area contributed by atoms with Crippen LogP contribution in [0.5, 0.6) is 0 Å². The first-order chi connectivity index (χ1) is 10.1. The van der Waals surface area contributed by atoms with Crippen molar-refractivity contribution in [3.8, 4) is 0 Å². The van der Waals surface area contributed by atoms with E-state index in [1.807, 2.05) is 6.92 Å². The van der Waals surface area contributed by atoms with Crippen molar-refractivity contribution >= 4 is 11.3 Å². The summed E-state index contributed by atoms with van der Waals surface area (Å²) >= 11 is 1.74. The fourth-order valence-corrected chi connectivity index (χ4v) is 4.65. The lowest BCUT2D eigenvalue weighted by atomic mass is 9.70. The molecule has 0 radical (unpaired) electrons. The summed E-state index contributed by atoms with van der Waals surface area (Å²) < 4.78 is 5.44. The average Bonchev–Trinajstić information content (AvgIpc) is 2.89. The Morgan fingerprint density at radius 3 is 2.86 bits per heavy atom. The molecule has 3 heterocycles. The number of aromatic nitrogens is 1. The van der Waals surface area contributed by atoms with Crippen molar-refractivity contribution in [3.05, 3.63) is 16.1 Å². The van der Waals surface area contributed by atoms with Gasteiger partial charge in [-0.2, -0.15) is 0 Å². The largest absolute Gasteiger partial charge is 0.389 e. The van der Waals surface area contributed by atoms with Crippen molar-refractivity contribution in [1.82, 2.24) is 9.88 Å². The van der Waals surface area contributed by atoms with E-state index >= 15 is 0 Å². The maximum absolute atomic E-state index is 11.2. The maximum Gasteiger partial charge on any atom is 0.107 e. The van der Waals surface area contributed by atoms with Crippen LogP contribution >= 0.6 is 11.3 Å². The second-order valence-electron chi connectivity index (χ2n) is 6.65. The molecule has 5 heteroatoms. The summed E-state index contributed by atoms with van der Waals surface area (Å²) in [5, 5.41) is 14.5. The molecule has 0 aromatic carbocycles. The topological polar surface area (TPSA) is 45.6 Å². The molecule has 1 aromatic rings. The molecule has 1 aromatic heterocycles. The third-order valence-corrected chi connectivity index (χ3v) is 6.12. The summed E-state index contributed by atoms with van der Waals surface area (Å²) in [5.41, 5.74) is 0.609. The molecule has 2 fully saturated rings. The Morgan fingerprint density at radius 2 is 2.24 bits per heavy atom. The smallest absolute Gasteiger partial charge is 0.107 e. The number of rotatable bonds is 3. The van der Waals surface area contributed by atoms with Crippen LogP contribution in [0.3, 0.4) is 0 Å². The first kappa shape index (κ1) is 15.4. The van der Waals surface area contributed by atoms with E-state index in [0.717, 1.165) is 57.8 Å². The zero-order chi connectivity index (χ0) is 14.9. The number of thiazole rings is 1. The first-order valence-electron chi connectivity index (χ1n) is 8.01. The number of aryl methyl sites for hydroxylation is 1. The van der Waals surface area contributed by atoms with Crippen LogP contribution in [-0.2, 0) is 11.3 Å². The van der Waals surface area contributed by atoms with Gasteiger partial charge in [0.15, 0.2) is 0 Å². The molecular formula is C16H26N2O2S. The highest BCUT2D eigenvalue weighted by atomic mass is 32.1. The van der Waals surface area contributed by atoms with Gasteiger partial charge in [0.05, 0.1) is 12.1 Å². The van der Waals surface area contributed by atoms with Crippen LogP contribution in [0.2, 0.25) is 0 Å². The van der Waals surface area contributed by atoms with Crippen molar-refractivity contribution in [2.24, 2.45) is 11.8 Å². The molecule has 0 saturated carbocycles. The van der Waals surface area contributed by atoms with Crippen molar-refractivity contribution in [3.63, 3.8) is 0 Å². The molecule has 2 saturated heterocycles. The van der Waals surface area contributed by atoms with Crippen LogP contribution < -0.4 is 0 Å². The Bertz CT molecular complexity index is 473. The Morgan fingerprint density at radius 1 is 1.48 bits per heavy atom. The minimum absolute atomic E-state index is 0.315. The third-order valence-electron chi connectivity index (χ3n) is 5.17. The van der Waals surface area contributed by atoms with Crippen LogP contribution in [0, 0.1) is 18.8 Å². The van der Waals surface area contributed by atoms with Crippen LogP contribution in [0.15, 0.2) is 5.38 Å². The second-order valence-corrected chi connectivity index (χ2v) is 7.59. The van der Waals surface area contributed by atoms with Gasteiger partial charge >= 0.3 is 0 Å². The standard InChI is InChI=1S/C16H26N2O2S/c1-12-9-18(10-15-17-13(2)11-21-15)6-5-16(12,19)14-3-7-20-8-4-14/h11-12,14,19H,3-10H2,1-2H3/t12-,16+/m1/s1. The molecule has 3 rings (SSSR count). The fourth-order valence-electron chi connectivity index (χ4n) is 3.83. The number of nitrogens with zero attached hydrogens (tertiary/aromatic N) is 2. The molecule has 0 bridgehead atoms. The molecule has 2 aliphatic heterocycles. The van der Waals surface area contributed by atoms with E-state index in [0.29, 0.717) is 11.8 Å². The Labute approximate surface area is 131 Å². The Hall–Kier alpha value is -0.490. The lowest BCUT2D eigenvalue weighted by Crippen LogP contribution is -2.55. The summed E-state index contributed by atoms with van der Waals surface area (Å²) in [6.07, 6.45) is 2.89. The van der Waals surface area contributed by atoms with Gasteiger partial charge in [0.25, 0.3) is 0 Å². The third kappa shape index (κ3) is 3.31. The molecule has 4 nitrogen and oxygen atoms in total. The summed E-state index contributed by atoms with van der Waals surface area (Å²) in [4.78, 5) is 7.00. The normalized spacial score (nSPS) is 32.4. The molecule has 0 spiro atoms. The van der Waals surface area contributed by atoms with Crippen molar-refractivity contribution < 1.29 is 9.84 Å². The molecule has 0 unspecified atom stereocenters. The van der Waals surface area contributed by atoms with E-state index in [1.165, 1.54) is 5.01 Å². The zero-order valence-electron chi connectivity index (χ0n) is 13.0. The van der Waals surface area contributed by atoms with Gasteiger partial charge in [-0.1, -0.05) is 6.92 Å². The highest BCUT2D eigenvalue weighted by Gasteiger charge is 2.45. The second kappa shape index (κ2) is 6.32. The summed E-state index contributed by atoms with van der Waals surface area (Å²) in [6, 6.07) is 0. The molecule has 0 amide bonds. The summed E-state index contributed by atoms with van der Waals surface area (Å²) in [7, 11) is 0. The number of ether oxygens (including phenoxy) is 1. The number of hydrogen-bond acceptors (Lipinski definition) is 5. The van der Waals surface area contributed by atoms with Crippen LogP contribution in [0.1, 0.15) is 36.9 Å². The molecular weight excluding hydrogens is 284 g/mol. The highest BCUT2D eigenvalue weighted by molar-refractivity contribution is 7.09. The minimum Gasteiger partial charge on any atom is -0.389 e. The Balaban J connectivity index is 1.60. The van der Waals surface area contributed by atoms with Crippen molar-refractivity contribution in [2.75, 3.05) is 26.3 Å². The Kier molecular flexibility index (Phi) is 4.64. The van der Waals surface area contributed by atoms with Crippen molar-refractivity contribution in [1.29, 1.82) is 0 Å². The molecule has 1 N–H and O–H groups in total. The van der Waals surface area contributed by atoms with Crippen LogP contribution in [-0.4, -0.2) is 46.9 Å². The van der Waals surface area contributed by atoms with Crippen LogP contribution in [0.4, 0.5) is 0 Å². The van der Waals surface area contributed by atoms with Gasteiger partial charge in [-0.3, -0.25) is 4.90 Å². The lowest BCUT2D eigenvalue weighted by Gasteiger charge is -2.48. The van der Waals surface area contributed by atoms with Crippen LogP contribution in [0.25, 0.3) is 0 Å². The van der Waals surface area contributed by atoms with E-state index in [1.54, 1.807) is 11.3 Å². The highest BCUT2D eigenvalue weighted by Crippen LogP contribution is 2.39. The molecule has 118 valence electrons. The van der Waals surface area contributed by atoms with Gasteiger partial charge in [-0.05, 0) is 38.0 Å². The SMILES string of the molecule is Cc1csc(CN2CC[C@@](O)(C3CCOCC3)[C@H](C)C2)n1. The predicted octanol–water partition coefficient (Wildman–Crippen LogP) is 2.45. The van der Waals surface area contributed by atoms with E-state index < -0.39 is 5.60 Å². The first-order valence-corrected chi connectivity index (χ1v) is 8.89. The summed E-state index contributed by atoms with van der Waals surface area (Å²) in [6.45, 7) is 8.72. The quantitative estimate of drug-likeness (QED) is 0.931. The number of piperidine rings is 1. The molecule has 2 aliphatic rings. The van der Waals surface area contributed by atoms with E-state index in [-0.39, 0.29) is 0 Å². The number of hydrogen-bond donors (Lipinski definition) is 1. The van der Waals surface area contributed by atoms with Gasteiger partial charge in [0, 0.05) is 37.4 Å². The van der Waals surface area contributed by atoms with E-state index in [4.69, 9.17) is 4.74 Å². The van der Waals surface area contributed by atoms with E-state index in [9.17, 15) is 5.11 Å². The maximum atomic E-state index is 11.2. The van der Waals surface area contributed by atoms with Gasteiger partial charge in [-0.25, -0.2) is 4.98 Å². The summed E-state index contributed by atoms with van der Waals surface area (Å²) in [5.74, 6) is 0.723. The van der Waals surface area contributed by atoms with Gasteiger partial charge in [-0.15, -0.1) is 11.3 Å². The predicted molar refractivity (Wildman–Crippen MR) is 84.4 cm³/mol. The average molecular weight is 310 g/mol. The van der Waals surface area contributed by atoms with E-state index in [2.05, 4.69) is 22.2 Å². The number of aliphatic hydroxyl groups is 1. The minimum atomic E-state index is -0.501. The van der Waals surface area contributed by atoms with Gasteiger partial charge in [0.1, 0.15) is 5.01 Å². The lowest BCUT2D eigenvalue weighted by molar-refractivity contribution is -0.131.